The number of anilines is 3. The molecule has 3 nitrogen and oxygen atoms in total. The van der Waals surface area contributed by atoms with Crippen molar-refractivity contribution in [1.82, 2.24) is 4.57 Å². The molecule has 11 aromatic rings. The molecule has 0 radical (unpaired) electrons. The molecule has 8 aromatic carbocycles. The van der Waals surface area contributed by atoms with E-state index < -0.39 is 0 Å². The van der Waals surface area contributed by atoms with E-state index in [2.05, 4.69) is 191 Å². The van der Waals surface area contributed by atoms with Gasteiger partial charge in [0.05, 0.1) is 32.5 Å². The second-order valence-corrected chi connectivity index (χ2v) is 14.3. The Hall–Kier alpha value is -6.62. The van der Waals surface area contributed by atoms with Crippen molar-refractivity contribution in [2.45, 2.75) is 0 Å². The minimum atomic E-state index is 0.877. The molecule has 3 aromatic heterocycles. The molecule has 4 heteroatoms. The number of benzene rings is 8. The van der Waals surface area contributed by atoms with Gasteiger partial charge < -0.3 is 13.9 Å². The summed E-state index contributed by atoms with van der Waals surface area (Å²) in [6, 6.07) is 65.3. The quantitative estimate of drug-likeness (QED) is 0.180. The molecule has 0 spiro atoms. The molecule has 0 saturated heterocycles. The number of para-hydroxylation sites is 3. The highest BCUT2D eigenvalue weighted by molar-refractivity contribution is 7.26. The highest BCUT2D eigenvalue weighted by Gasteiger charge is 2.25. The second kappa shape index (κ2) is 11.5. The van der Waals surface area contributed by atoms with Crippen molar-refractivity contribution in [3.05, 3.63) is 182 Å². The van der Waals surface area contributed by atoms with Crippen LogP contribution in [-0.2, 0) is 0 Å². The lowest BCUT2D eigenvalue weighted by molar-refractivity contribution is 0.670. The van der Waals surface area contributed by atoms with Crippen LogP contribution in [0, 0.1) is 0 Å². The number of aromatic nitrogens is 1. The Morgan fingerprint density at radius 3 is 2.04 bits per heavy atom. The summed E-state index contributed by atoms with van der Waals surface area (Å²) in [6.07, 6.45) is 0. The molecule has 0 N–H and O–H groups in total. The Bertz CT molecular complexity index is 3130. The molecule has 0 amide bonds. The molecule has 244 valence electrons. The van der Waals surface area contributed by atoms with Crippen LogP contribution in [0.3, 0.4) is 0 Å². The monoisotopic (exact) mass is 682 g/mol. The highest BCUT2D eigenvalue weighted by Crippen LogP contribution is 2.50. The molecule has 0 atom stereocenters. The fourth-order valence-corrected chi connectivity index (χ4v) is 9.32. The number of furan rings is 1. The van der Waals surface area contributed by atoms with Crippen LogP contribution >= 0.6 is 11.3 Å². The first kappa shape index (κ1) is 29.1. The number of rotatable bonds is 5. The third-order valence-electron chi connectivity index (χ3n) is 10.4. The van der Waals surface area contributed by atoms with E-state index in [9.17, 15) is 0 Å². The standard InChI is InChI=1S/C48H30N2OS/c1-3-14-31(15-4-1)34-28-29-41(46-39-20-8-11-24-44(39)51-47(34)46)50(42-23-13-21-38-37-19-9-12-25-45(37)52-48(38)42)33-26-27-36-35-18-7-10-22-40(35)49(43(36)30-33)32-16-5-2-6-17-32/h1-30H. The summed E-state index contributed by atoms with van der Waals surface area (Å²) in [7, 11) is 0. The Morgan fingerprint density at radius 1 is 0.481 bits per heavy atom. The fourth-order valence-electron chi connectivity index (χ4n) is 8.11. The zero-order valence-electron chi connectivity index (χ0n) is 28.0. The van der Waals surface area contributed by atoms with E-state index in [0.717, 1.165) is 61.3 Å². The van der Waals surface area contributed by atoms with Gasteiger partial charge in [-0.2, -0.15) is 0 Å². The van der Waals surface area contributed by atoms with Crippen LogP contribution in [0.25, 0.3) is 80.7 Å². The minimum absolute atomic E-state index is 0.877. The molecule has 0 aliphatic heterocycles. The van der Waals surface area contributed by atoms with Gasteiger partial charge in [0, 0.05) is 48.6 Å². The average molecular weight is 683 g/mol. The number of nitrogens with zero attached hydrogens (tertiary/aromatic N) is 2. The molecule has 11 rings (SSSR count). The van der Waals surface area contributed by atoms with Gasteiger partial charge in [-0.15, -0.1) is 11.3 Å². The van der Waals surface area contributed by atoms with Gasteiger partial charge in [-0.05, 0) is 66.2 Å². The van der Waals surface area contributed by atoms with Gasteiger partial charge in [0.15, 0.2) is 0 Å². The lowest BCUT2D eigenvalue weighted by Crippen LogP contribution is -2.11. The number of hydrogen-bond donors (Lipinski definition) is 0. The lowest BCUT2D eigenvalue weighted by Gasteiger charge is -2.27. The third-order valence-corrected chi connectivity index (χ3v) is 11.6. The average Bonchev–Trinajstić information content (AvgIpc) is 3.89. The van der Waals surface area contributed by atoms with Gasteiger partial charge in [-0.3, -0.25) is 0 Å². The van der Waals surface area contributed by atoms with Crippen molar-refractivity contribution in [3.8, 4) is 16.8 Å². The first-order valence-corrected chi connectivity index (χ1v) is 18.4. The van der Waals surface area contributed by atoms with Gasteiger partial charge in [0.1, 0.15) is 11.2 Å². The normalized spacial score (nSPS) is 11.8. The summed E-state index contributed by atoms with van der Waals surface area (Å²) in [5.41, 5.74) is 10.8. The van der Waals surface area contributed by atoms with Gasteiger partial charge in [0.2, 0.25) is 0 Å². The van der Waals surface area contributed by atoms with E-state index in [1.165, 1.54) is 36.5 Å². The van der Waals surface area contributed by atoms with E-state index in [-0.39, 0.29) is 0 Å². The van der Waals surface area contributed by atoms with Crippen LogP contribution in [0.1, 0.15) is 0 Å². The van der Waals surface area contributed by atoms with E-state index in [1.54, 1.807) is 0 Å². The molecule has 0 aliphatic carbocycles. The van der Waals surface area contributed by atoms with Crippen molar-refractivity contribution < 1.29 is 4.42 Å². The topological polar surface area (TPSA) is 21.3 Å². The predicted octanol–water partition coefficient (Wildman–Crippen LogP) is 14.2. The smallest absolute Gasteiger partial charge is 0.145 e. The van der Waals surface area contributed by atoms with Gasteiger partial charge in [0.25, 0.3) is 0 Å². The maximum absolute atomic E-state index is 6.79. The second-order valence-electron chi connectivity index (χ2n) is 13.3. The van der Waals surface area contributed by atoms with E-state index in [1.807, 2.05) is 11.3 Å². The number of fused-ring (bicyclic) bond motifs is 9. The van der Waals surface area contributed by atoms with Crippen LogP contribution in [0.4, 0.5) is 17.1 Å². The summed E-state index contributed by atoms with van der Waals surface area (Å²) in [6.45, 7) is 0. The molecule has 3 heterocycles. The van der Waals surface area contributed by atoms with Crippen molar-refractivity contribution in [2.24, 2.45) is 0 Å². The number of thiophene rings is 1. The minimum Gasteiger partial charge on any atom is -0.455 e. The van der Waals surface area contributed by atoms with Crippen molar-refractivity contribution in [2.75, 3.05) is 4.90 Å². The molecular formula is C48H30N2OS. The molecule has 0 bridgehead atoms. The summed E-state index contributed by atoms with van der Waals surface area (Å²) in [5, 5.41) is 7.19. The summed E-state index contributed by atoms with van der Waals surface area (Å²) < 4.78 is 11.7. The van der Waals surface area contributed by atoms with Crippen LogP contribution in [0.15, 0.2) is 186 Å². The van der Waals surface area contributed by atoms with E-state index >= 15 is 0 Å². The molecule has 52 heavy (non-hydrogen) atoms. The largest absolute Gasteiger partial charge is 0.455 e. The van der Waals surface area contributed by atoms with E-state index in [4.69, 9.17) is 4.42 Å². The molecule has 0 aliphatic rings. The molecular weight excluding hydrogens is 653 g/mol. The lowest BCUT2D eigenvalue weighted by atomic mass is 9.99. The summed E-state index contributed by atoms with van der Waals surface area (Å²) >= 11 is 1.85. The summed E-state index contributed by atoms with van der Waals surface area (Å²) in [5.74, 6) is 0. The van der Waals surface area contributed by atoms with Gasteiger partial charge >= 0.3 is 0 Å². The molecule has 0 unspecified atom stereocenters. The SMILES string of the molecule is c1ccc(-c2ccc(N(c3ccc4c5ccccc5n(-c5ccccc5)c4c3)c3cccc4c3sc3ccccc34)c3c2oc2ccccc23)cc1. The van der Waals surface area contributed by atoms with Crippen LogP contribution in [-0.4, -0.2) is 4.57 Å². The van der Waals surface area contributed by atoms with E-state index in [0.29, 0.717) is 0 Å². The predicted molar refractivity (Wildman–Crippen MR) is 221 cm³/mol. The zero-order chi connectivity index (χ0) is 34.2. The fraction of sp³-hybridized carbons (Fsp3) is 0. The summed E-state index contributed by atoms with van der Waals surface area (Å²) in [4.78, 5) is 2.46. The molecule has 0 fully saturated rings. The Morgan fingerprint density at radius 2 is 1.17 bits per heavy atom. The van der Waals surface area contributed by atoms with Gasteiger partial charge in [-0.1, -0.05) is 121 Å². The highest BCUT2D eigenvalue weighted by atomic mass is 32.1. The maximum atomic E-state index is 6.79. The maximum Gasteiger partial charge on any atom is 0.145 e. The first-order chi connectivity index (χ1) is 25.8. The van der Waals surface area contributed by atoms with Crippen molar-refractivity contribution in [3.63, 3.8) is 0 Å². The zero-order valence-corrected chi connectivity index (χ0v) is 28.8. The molecule has 0 saturated carbocycles. The Labute approximate surface area is 303 Å². The Kier molecular flexibility index (Phi) is 6.42. The van der Waals surface area contributed by atoms with Crippen molar-refractivity contribution >= 4 is 92.3 Å². The van der Waals surface area contributed by atoms with Crippen molar-refractivity contribution in [1.29, 1.82) is 0 Å². The van der Waals surface area contributed by atoms with Crippen LogP contribution in [0.5, 0.6) is 0 Å². The van der Waals surface area contributed by atoms with Gasteiger partial charge in [-0.25, -0.2) is 0 Å². The number of hydrogen-bond acceptors (Lipinski definition) is 3. The van der Waals surface area contributed by atoms with Crippen LogP contribution in [0.2, 0.25) is 0 Å². The Balaban J connectivity index is 1.27. The first-order valence-electron chi connectivity index (χ1n) is 17.6. The van der Waals surface area contributed by atoms with Crippen LogP contribution < -0.4 is 4.90 Å². The third kappa shape index (κ3) is 4.31.